The van der Waals surface area contributed by atoms with Crippen LogP contribution in [0.25, 0.3) is 10.9 Å². The molecule has 1 atom stereocenters. The Morgan fingerprint density at radius 2 is 2.21 bits per heavy atom. The van der Waals surface area contributed by atoms with Gasteiger partial charge < -0.3 is 15.0 Å². The first-order valence-electron chi connectivity index (χ1n) is 7.77. The van der Waals surface area contributed by atoms with Gasteiger partial charge in [0, 0.05) is 16.3 Å². The van der Waals surface area contributed by atoms with E-state index in [2.05, 4.69) is 5.32 Å². The normalized spacial score (nSPS) is 15.8. The number of aromatic nitrogens is 1. The van der Waals surface area contributed by atoms with Gasteiger partial charge in [0.2, 0.25) is 0 Å². The fourth-order valence-electron chi connectivity index (χ4n) is 3.39. The van der Waals surface area contributed by atoms with Crippen molar-refractivity contribution in [1.29, 1.82) is 0 Å². The van der Waals surface area contributed by atoms with Gasteiger partial charge in [0.15, 0.2) is 0 Å². The number of hydrogen-bond donors (Lipinski definition) is 2. The number of nitrogens with zero attached hydrogens (tertiary/aromatic N) is 1. The lowest BCUT2D eigenvalue weighted by Crippen LogP contribution is -2.33. The Bertz CT molecular complexity index is 1010. The average molecular weight is 340 g/mol. The van der Waals surface area contributed by atoms with E-state index < -0.39 is 11.5 Å². The monoisotopic (exact) mass is 340 g/mol. The Kier molecular flexibility index (Phi) is 3.42. The first kappa shape index (κ1) is 15.0. The van der Waals surface area contributed by atoms with Gasteiger partial charge in [0.05, 0.1) is 12.1 Å². The predicted octanol–water partition coefficient (Wildman–Crippen LogP) is 2.82. The van der Waals surface area contributed by atoms with Gasteiger partial charge in [-0.25, -0.2) is 0 Å². The molecule has 0 fully saturated rings. The second kappa shape index (κ2) is 5.49. The number of nitrogens with one attached hydrogen (secondary N) is 1. The van der Waals surface area contributed by atoms with Crippen molar-refractivity contribution < 1.29 is 9.90 Å². The van der Waals surface area contributed by atoms with Crippen molar-refractivity contribution in [3.63, 3.8) is 0 Å². The number of rotatable bonds is 3. The lowest BCUT2D eigenvalue weighted by Gasteiger charge is -2.14. The molecule has 1 amide bonds. The first-order valence-corrected chi connectivity index (χ1v) is 8.65. The van der Waals surface area contributed by atoms with Crippen LogP contribution in [0.3, 0.4) is 0 Å². The summed E-state index contributed by atoms with van der Waals surface area (Å²) in [7, 11) is 0. The maximum Gasteiger partial charge on any atom is 0.267 e. The summed E-state index contributed by atoms with van der Waals surface area (Å²) in [5.41, 5.74) is 1.16. The Labute approximate surface area is 142 Å². The highest BCUT2D eigenvalue weighted by Gasteiger charge is 2.29. The molecule has 4 rings (SSSR count). The van der Waals surface area contributed by atoms with E-state index in [0.29, 0.717) is 11.9 Å². The third-order valence-corrected chi connectivity index (χ3v) is 5.35. The fraction of sp³-hybridized carbons (Fsp3) is 0.222. The molecule has 1 aliphatic rings. The zero-order valence-electron chi connectivity index (χ0n) is 13.1. The highest BCUT2D eigenvalue weighted by Crippen LogP contribution is 2.35. The molecule has 0 saturated carbocycles. The second-order valence-corrected chi connectivity index (χ2v) is 7.06. The molecule has 1 aromatic carbocycles. The van der Waals surface area contributed by atoms with Crippen molar-refractivity contribution in [3.8, 4) is 5.75 Å². The smallest absolute Gasteiger partial charge is 0.267 e. The van der Waals surface area contributed by atoms with Crippen LogP contribution in [0, 0.1) is 0 Å². The molecule has 0 aliphatic carbocycles. The minimum Gasteiger partial charge on any atom is -0.506 e. The zero-order chi connectivity index (χ0) is 16.8. The minimum absolute atomic E-state index is 0.0261. The Hall–Kier alpha value is -2.60. The van der Waals surface area contributed by atoms with E-state index in [-0.39, 0.29) is 17.4 Å². The lowest BCUT2D eigenvalue weighted by molar-refractivity contribution is 0.0946. The Balaban J connectivity index is 1.82. The average Bonchev–Trinajstić information content (AvgIpc) is 3.18. The van der Waals surface area contributed by atoms with Crippen LogP contribution >= 0.6 is 11.3 Å². The molecule has 1 aliphatic heterocycles. The molecule has 6 heteroatoms. The van der Waals surface area contributed by atoms with E-state index >= 15 is 0 Å². The van der Waals surface area contributed by atoms with E-state index in [1.165, 1.54) is 11.3 Å². The molecule has 5 nitrogen and oxygen atoms in total. The standard InChI is InChI=1S/C18H16N2O3S/c1-10-8-11-4-2-6-13-15(11)20(10)18(23)14(16(13)21)17(22)19-9-12-5-3-7-24-12/h2-7,10,21H,8-9H2,1H3,(H,19,22). The van der Waals surface area contributed by atoms with Crippen molar-refractivity contribution >= 4 is 28.1 Å². The molecular formula is C18H16N2O3S. The zero-order valence-corrected chi connectivity index (χ0v) is 13.9. The first-order chi connectivity index (χ1) is 11.6. The van der Waals surface area contributed by atoms with Gasteiger partial charge >= 0.3 is 0 Å². The summed E-state index contributed by atoms with van der Waals surface area (Å²) in [5, 5.41) is 15.8. The lowest BCUT2D eigenvalue weighted by atomic mass is 10.1. The van der Waals surface area contributed by atoms with E-state index in [9.17, 15) is 14.7 Å². The number of para-hydroxylation sites is 1. The van der Waals surface area contributed by atoms with Crippen LogP contribution in [0.2, 0.25) is 0 Å². The number of thiophene rings is 1. The molecule has 0 spiro atoms. The topological polar surface area (TPSA) is 71.3 Å². The maximum atomic E-state index is 12.8. The van der Waals surface area contributed by atoms with Crippen molar-refractivity contribution in [1.82, 2.24) is 9.88 Å². The van der Waals surface area contributed by atoms with Crippen LogP contribution in [0.4, 0.5) is 0 Å². The predicted molar refractivity (Wildman–Crippen MR) is 93.8 cm³/mol. The largest absolute Gasteiger partial charge is 0.506 e. The summed E-state index contributed by atoms with van der Waals surface area (Å²) < 4.78 is 1.63. The maximum absolute atomic E-state index is 12.8. The van der Waals surface area contributed by atoms with Gasteiger partial charge in [-0.2, -0.15) is 0 Å². The van der Waals surface area contributed by atoms with Crippen molar-refractivity contribution in [3.05, 3.63) is 62.1 Å². The van der Waals surface area contributed by atoms with E-state index in [0.717, 1.165) is 22.4 Å². The minimum atomic E-state index is -0.541. The van der Waals surface area contributed by atoms with Gasteiger partial charge in [0.25, 0.3) is 11.5 Å². The molecule has 24 heavy (non-hydrogen) atoms. The molecule has 2 aromatic heterocycles. The van der Waals surface area contributed by atoms with E-state index in [4.69, 9.17) is 0 Å². The number of hydrogen-bond acceptors (Lipinski definition) is 4. The number of amides is 1. The Morgan fingerprint density at radius 1 is 1.38 bits per heavy atom. The van der Waals surface area contributed by atoms with Crippen molar-refractivity contribution in [2.24, 2.45) is 0 Å². The molecular weight excluding hydrogens is 324 g/mol. The second-order valence-electron chi connectivity index (χ2n) is 6.03. The molecule has 0 bridgehead atoms. The molecule has 3 heterocycles. The SMILES string of the molecule is CC1Cc2cccc3c(O)c(C(=O)NCc4cccs4)c(=O)n1c23. The van der Waals surface area contributed by atoms with Gasteiger partial charge in [-0.3, -0.25) is 9.59 Å². The number of aromatic hydroxyl groups is 1. The summed E-state index contributed by atoms with van der Waals surface area (Å²) in [5.74, 6) is -0.771. The highest BCUT2D eigenvalue weighted by atomic mass is 32.1. The third-order valence-electron chi connectivity index (χ3n) is 4.47. The van der Waals surface area contributed by atoms with Crippen LogP contribution in [-0.4, -0.2) is 15.6 Å². The molecule has 1 unspecified atom stereocenters. The summed E-state index contributed by atoms with van der Waals surface area (Å²) in [4.78, 5) is 26.4. The fourth-order valence-corrected chi connectivity index (χ4v) is 4.04. The van der Waals surface area contributed by atoms with Crippen LogP contribution in [0.15, 0.2) is 40.5 Å². The molecule has 3 aromatic rings. The third kappa shape index (κ3) is 2.14. The van der Waals surface area contributed by atoms with Crippen LogP contribution in [0.1, 0.15) is 33.8 Å². The summed E-state index contributed by atoms with van der Waals surface area (Å²) in [6.07, 6.45) is 0.728. The summed E-state index contributed by atoms with van der Waals surface area (Å²) >= 11 is 1.53. The Morgan fingerprint density at radius 3 is 2.96 bits per heavy atom. The van der Waals surface area contributed by atoms with Crippen molar-refractivity contribution in [2.75, 3.05) is 0 Å². The van der Waals surface area contributed by atoms with Crippen LogP contribution < -0.4 is 10.9 Å². The van der Waals surface area contributed by atoms with Crippen LogP contribution in [-0.2, 0) is 13.0 Å². The highest BCUT2D eigenvalue weighted by molar-refractivity contribution is 7.09. The van der Waals surface area contributed by atoms with Gasteiger partial charge in [0.1, 0.15) is 11.3 Å². The summed E-state index contributed by atoms with van der Waals surface area (Å²) in [6.45, 7) is 2.29. The van der Waals surface area contributed by atoms with Crippen LogP contribution in [0.5, 0.6) is 5.75 Å². The molecule has 2 N–H and O–H groups in total. The quantitative estimate of drug-likeness (QED) is 0.770. The van der Waals surface area contributed by atoms with E-state index in [1.807, 2.05) is 36.6 Å². The van der Waals surface area contributed by atoms with Gasteiger partial charge in [-0.05, 0) is 36.4 Å². The molecule has 122 valence electrons. The number of benzene rings is 1. The number of pyridine rings is 1. The number of carbonyl (C=O) groups is 1. The van der Waals surface area contributed by atoms with E-state index in [1.54, 1.807) is 10.6 Å². The van der Waals surface area contributed by atoms with Gasteiger partial charge in [-0.1, -0.05) is 18.2 Å². The van der Waals surface area contributed by atoms with Gasteiger partial charge in [-0.15, -0.1) is 11.3 Å². The molecule has 0 radical (unpaired) electrons. The summed E-state index contributed by atoms with van der Waals surface area (Å²) in [6, 6.07) is 9.33. The van der Waals surface area contributed by atoms with Crippen molar-refractivity contribution in [2.45, 2.75) is 25.9 Å². The molecule has 0 saturated heterocycles. The number of carbonyl (C=O) groups excluding carboxylic acids is 1.